The second-order valence-corrected chi connectivity index (χ2v) is 7.83. The monoisotopic (exact) mass is 417 g/mol. The van der Waals surface area contributed by atoms with E-state index in [9.17, 15) is 17.9 Å². The van der Waals surface area contributed by atoms with E-state index >= 15 is 0 Å². The summed E-state index contributed by atoms with van der Waals surface area (Å²) >= 11 is 7.23. The fraction of sp³-hybridized carbons (Fsp3) is 0. The Morgan fingerprint density at radius 1 is 1.23 bits per heavy atom. The van der Waals surface area contributed by atoms with Crippen molar-refractivity contribution in [2.75, 3.05) is 0 Å². The van der Waals surface area contributed by atoms with Crippen molar-refractivity contribution in [2.45, 2.75) is 0 Å². The van der Waals surface area contributed by atoms with Crippen molar-refractivity contribution in [3.8, 4) is 0 Å². The Bertz CT molecular complexity index is 1110. The van der Waals surface area contributed by atoms with Gasteiger partial charge in [-0.3, -0.25) is 0 Å². The molecule has 0 aliphatic heterocycles. The van der Waals surface area contributed by atoms with E-state index < -0.39 is 21.7 Å². The van der Waals surface area contributed by atoms with Gasteiger partial charge in [0.15, 0.2) is 0 Å². The Labute approximate surface area is 181 Å². The zero-order valence-corrected chi connectivity index (χ0v) is 17.9. The number of benzene rings is 2. The van der Waals surface area contributed by atoms with Gasteiger partial charge in [-0.1, -0.05) is 29.8 Å². The van der Waals surface area contributed by atoms with Crippen LogP contribution in [0, 0.1) is 5.82 Å². The van der Waals surface area contributed by atoms with Gasteiger partial charge in [-0.2, -0.15) is 12.8 Å². The molecule has 0 N–H and O–H groups in total. The molecule has 0 radical (unpaired) electrons. The topological polar surface area (TPSA) is 69.6 Å². The number of rotatable bonds is 4. The summed E-state index contributed by atoms with van der Waals surface area (Å²) in [6.07, 6.45) is 1.39. The van der Waals surface area contributed by atoms with Gasteiger partial charge in [-0.15, -0.1) is 11.3 Å². The first-order valence-corrected chi connectivity index (χ1v) is 9.73. The summed E-state index contributed by atoms with van der Waals surface area (Å²) in [5.41, 5.74) is 0.535. The number of hydrogen-bond acceptors (Lipinski definition) is 4. The smallest absolute Gasteiger partial charge is 0.858 e. The van der Waals surface area contributed by atoms with Crippen LogP contribution in [-0.2, 0) is 10.0 Å². The third-order valence-electron chi connectivity index (χ3n) is 3.30. The number of sulfonamides is 1. The van der Waals surface area contributed by atoms with E-state index in [0.29, 0.717) is 5.56 Å². The van der Waals surface area contributed by atoms with Crippen LogP contribution >= 0.6 is 22.9 Å². The number of fused-ring (bicyclic) bond motifs is 1. The molecule has 1 aromatic heterocycles. The molecule has 0 atom stereocenters. The fourth-order valence-corrected chi connectivity index (χ4v) is 4.03. The Morgan fingerprint density at radius 3 is 2.69 bits per heavy atom. The molecule has 0 amide bonds. The van der Waals surface area contributed by atoms with E-state index in [-0.39, 0.29) is 40.1 Å². The van der Waals surface area contributed by atoms with Crippen LogP contribution in [0.2, 0.25) is 5.02 Å². The number of halogens is 2. The summed E-state index contributed by atoms with van der Waals surface area (Å²) in [5.74, 6) is -1.68. The quantitative estimate of drug-likeness (QED) is 0.358. The van der Waals surface area contributed by atoms with Crippen molar-refractivity contribution in [1.29, 1.82) is 0 Å². The predicted molar refractivity (Wildman–Crippen MR) is 97.7 cm³/mol. The van der Waals surface area contributed by atoms with Crippen molar-refractivity contribution < 1.29 is 47.5 Å². The van der Waals surface area contributed by atoms with Gasteiger partial charge >= 0.3 is 29.6 Å². The molecule has 1 heterocycles. The third-order valence-corrected chi connectivity index (χ3v) is 5.50. The summed E-state index contributed by atoms with van der Waals surface area (Å²) in [4.78, 5) is 0. The van der Waals surface area contributed by atoms with Crippen molar-refractivity contribution in [3.63, 3.8) is 0 Å². The molecule has 9 heteroatoms. The normalized spacial score (nSPS) is 12.5. The minimum absolute atomic E-state index is 0. The molecule has 128 valence electrons. The molecule has 0 fully saturated rings. The van der Waals surface area contributed by atoms with Crippen molar-refractivity contribution in [2.24, 2.45) is 4.40 Å². The molecule has 0 aliphatic rings. The molecule has 4 nitrogen and oxygen atoms in total. The standard InChI is InChI=1S/C17H11ClFNO3S2.Na/c18-15-9-12(19)5-6-14(15)17(21)20-25(22,23)8-7-11-10-24-16-4-2-1-3-13(11)16;/h1-10H,(H,20,21);/q;+1/p-1/b8-7+;. The van der Waals surface area contributed by atoms with Crippen molar-refractivity contribution in [3.05, 3.63) is 75.2 Å². The molecule has 3 aromatic rings. The van der Waals surface area contributed by atoms with Crippen molar-refractivity contribution in [1.82, 2.24) is 0 Å². The second-order valence-electron chi connectivity index (χ2n) is 5.03. The molecule has 0 aliphatic carbocycles. The fourth-order valence-electron chi connectivity index (χ4n) is 2.14. The third kappa shape index (κ3) is 4.94. The Morgan fingerprint density at radius 2 is 1.96 bits per heavy atom. The van der Waals surface area contributed by atoms with E-state index in [1.165, 1.54) is 17.4 Å². The summed E-state index contributed by atoms with van der Waals surface area (Å²) < 4.78 is 41.3. The number of thiophene rings is 1. The molecule has 0 unspecified atom stereocenters. The van der Waals surface area contributed by atoms with E-state index in [0.717, 1.165) is 33.7 Å². The molecular weight excluding hydrogens is 408 g/mol. The zero-order valence-electron chi connectivity index (χ0n) is 13.5. The van der Waals surface area contributed by atoms with Gasteiger partial charge in [0.1, 0.15) is 5.82 Å². The van der Waals surface area contributed by atoms with E-state index in [1.807, 2.05) is 29.6 Å². The minimum atomic E-state index is -4.15. The van der Waals surface area contributed by atoms with Crippen LogP contribution in [0.15, 0.2) is 57.7 Å². The van der Waals surface area contributed by atoms with Gasteiger partial charge in [-0.25, -0.2) is 4.39 Å². The van der Waals surface area contributed by atoms with Crippen LogP contribution in [0.4, 0.5) is 4.39 Å². The van der Waals surface area contributed by atoms with Crippen LogP contribution in [0.25, 0.3) is 16.2 Å². The molecule has 0 spiro atoms. The molecule has 0 saturated heterocycles. The van der Waals surface area contributed by atoms with Gasteiger partial charge < -0.3 is 5.11 Å². The van der Waals surface area contributed by atoms with Crippen LogP contribution in [-0.4, -0.2) is 14.3 Å². The Kier molecular flexibility index (Phi) is 7.01. The van der Waals surface area contributed by atoms with Gasteiger partial charge in [0.2, 0.25) is 0 Å². The van der Waals surface area contributed by atoms with Crippen LogP contribution in [0.3, 0.4) is 0 Å². The summed E-state index contributed by atoms with van der Waals surface area (Å²) in [5, 5.41) is 15.4. The minimum Gasteiger partial charge on any atom is -0.858 e. The second kappa shape index (κ2) is 8.65. The first kappa shape index (κ1) is 21.1. The van der Waals surface area contributed by atoms with Crippen LogP contribution in [0.5, 0.6) is 0 Å². The maximum absolute atomic E-state index is 13.0. The largest absolute Gasteiger partial charge is 1.00 e. The Hall–Kier alpha value is -1.22. The molecular formula is C17H10ClFNNaO3S2. The molecule has 0 saturated carbocycles. The summed E-state index contributed by atoms with van der Waals surface area (Å²) in [7, 11) is -4.15. The maximum Gasteiger partial charge on any atom is 1.00 e. The van der Waals surface area contributed by atoms with Crippen LogP contribution < -0.4 is 34.7 Å². The molecule has 0 bridgehead atoms. The first-order chi connectivity index (χ1) is 11.9. The summed E-state index contributed by atoms with van der Waals surface area (Å²) in [6.45, 7) is 0. The van der Waals surface area contributed by atoms with E-state index in [4.69, 9.17) is 11.6 Å². The Balaban J connectivity index is 0.00000243. The average molecular weight is 418 g/mol. The molecule has 2 aromatic carbocycles. The van der Waals surface area contributed by atoms with Crippen LogP contribution in [0.1, 0.15) is 11.1 Å². The van der Waals surface area contributed by atoms with Gasteiger partial charge in [0.25, 0.3) is 10.0 Å². The zero-order chi connectivity index (χ0) is 18.0. The maximum atomic E-state index is 13.0. The first-order valence-electron chi connectivity index (χ1n) is 6.97. The molecule has 3 rings (SSSR count). The predicted octanol–water partition coefficient (Wildman–Crippen LogP) is 0.805. The SMILES string of the molecule is O=S(=O)(/C=C/c1csc2ccccc12)/N=C(\[O-])c1ccc(F)cc1Cl.[Na+]. The van der Waals surface area contributed by atoms with Gasteiger partial charge in [0.05, 0.1) is 10.4 Å². The van der Waals surface area contributed by atoms with E-state index in [2.05, 4.69) is 4.40 Å². The average Bonchev–Trinajstić information content (AvgIpc) is 2.95. The number of nitrogens with zero attached hydrogens (tertiary/aromatic N) is 1. The van der Waals surface area contributed by atoms with E-state index in [1.54, 1.807) is 0 Å². The summed E-state index contributed by atoms with van der Waals surface area (Å²) in [6, 6.07) is 10.6. The van der Waals surface area contributed by atoms with Crippen molar-refractivity contribution >= 4 is 55.0 Å². The molecule has 26 heavy (non-hydrogen) atoms. The van der Waals surface area contributed by atoms with Gasteiger partial charge in [0, 0.05) is 16.2 Å². The number of hydrogen-bond donors (Lipinski definition) is 0. The van der Waals surface area contributed by atoms with Gasteiger partial charge in [-0.05, 0) is 46.7 Å².